The van der Waals surface area contributed by atoms with Gasteiger partial charge in [-0.15, -0.1) is 73.7 Å². The lowest BCUT2D eigenvalue weighted by atomic mass is 10.1. The maximum atomic E-state index is 6.28. The number of hydrogen-bond donors (Lipinski definition) is 0. The van der Waals surface area contributed by atoms with Crippen LogP contribution in [0.15, 0.2) is 183 Å². The van der Waals surface area contributed by atoms with Crippen molar-refractivity contribution in [2.75, 3.05) is 42.7 Å². The highest BCUT2D eigenvalue weighted by atomic mass is 35.5. The fourth-order valence-corrected chi connectivity index (χ4v) is 19.3. The molecule has 20 aromatic rings. The molecule has 0 unspecified atom stereocenters. The van der Waals surface area contributed by atoms with Gasteiger partial charge in [0.2, 0.25) is 5.82 Å². The monoisotopic (exact) mass is 2040 g/mol. The first-order valence-electron chi connectivity index (χ1n) is 47.6. The minimum absolute atomic E-state index is 0.343. The molecule has 5 aromatic carbocycles. The summed E-state index contributed by atoms with van der Waals surface area (Å²) in [5.74, 6) is 40.6. The number of fused-ring (bicyclic) bond motifs is 25. The lowest BCUT2D eigenvalue weighted by Crippen LogP contribution is -2.09. The van der Waals surface area contributed by atoms with E-state index in [1.54, 1.807) is 96.4 Å². The number of benzene rings is 5. The molecule has 37 nitrogen and oxygen atoms in total. The maximum absolute atomic E-state index is 6.28. The third-order valence-corrected chi connectivity index (χ3v) is 27.1. The molecule has 15 aromatic heterocycles. The molecule has 150 heavy (non-hydrogen) atoms. The summed E-state index contributed by atoms with van der Waals surface area (Å²) in [5, 5.41) is 48.2. The summed E-state index contributed by atoms with van der Waals surface area (Å²) >= 11 is 9.40. The predicted molar refractivity (Wildman–Crippen MR) is 561 cm³/mol. The number of rotatable bonds is 12. The van der Waals surface area contributed by atoms with E-state index >= 15 is 0 Å². The molecular formula is C110H94ClN31O6S2. The molecule has 25 rings (SSSR count). The minimum atomic E-state index is 0.343. The van der Waals surface area contributed by atoms with Crippen LogP contribution in [0.3, 0.4) is 0 Å². The van der Waals surface area contributed by atoms with Crippen molar-refractivity contribution < 1.29 is 28.4 Å². The highest BCUT2D eigenvalue weighted by molar-refractivity contribution is 7.12. The highest BCUT2D eigenvalue weighted by Gasteiger charge is 2.33. The Morgan fingerprint density at radius 3 is 1.05 bits per heavy atom. The number of nitrogens with zero attached hydrogens (tertiary/aromatic N) is 31. The molecule has 0 spiro atoms. The van der Waals surface area contributed by atoms with Gasteiger partial charge in [-0.05, 0) is 204 Å². The number of halogens is 1. The molecule has 0 aliphatic carbocycles. The topological polar surface area (TPSA) is 375 Å². The van der Waals surface area contributed by atoms with Crippen LogP contribution in [0, 0.1) is 108 Å². The van der Waals surface area contributed by atoms with Gasteiger partial charge in [-0.1, -0.05) is 71.0 Å². The molecule has 0 radical (unpaired) electrons. The van der Waals surface area contributed by atoms with Crippen LogP contribution in [0.5, 0.6) is 5.75 Å². The molecule has 5 aliphatic rings. The molecule has 0 bridgehead atoms. The summed E-state index contributed by atoms with van der Waals surface area (Å²) in [5.41, 5.74) is 27.6. The Bertz CT molecular complexity index is 8720. The van der Waals surface area contributed by atoms with Gasteiger partial charge in [0, 0.05) is 121 Å². The fraction of sp³-hybridized carbons (Fsp3) is 0.227. The second kappa shape index (κ2) is 43.1. The van der Waals surface area contributed by atoms with E-state index in [9.17, 15) is 0 Å². The van der Waals surface area contributed by atoms with Crippen LogP contribution in [0.4, 0.5) is 0 Å². The molecule has 0 amide bonds. The molecule has 5 aliphatic heterocycles. The van der Waals surface area contributed by atoms with Crippen LogP contribution in [0.25, 0.3) is 85.4 Å². The molecule has 0 N–H and O–H groups in total. The number of methoxy groups -OCH3 is 6. The molecule has 40 heteroatoms. The first-order chi connectivity index (χ1) is 73.3. The number of ether oxygens (including phenoxy) is 6. The van der Waals surface area contributed by atoms with Crippen LogP contribution in [0.2, 0.25) is 5.02 Å². The van der Waals surface area contributed by atoms with Crippen LogP contribution in [0.1, 0.15) is 164 Å². The lowest BCUT2D eigenvalue weighted by Gasteiger charge is -2.08. The first kappa shape index (κ1) is 98.2. The Labute approximate surface area is 874 Å². The maximum Gasteiger partial charge on any atom is 0.205 e. The summed E-state index contributed by atoms with van der Waals surface area (Å²) < 4.78 is 52.5. The number of hydrogen-bond acceptors (Lipinski definition) is 29. The van der Waals surface area contributed by atoms with Crippen molar-refractivity contribution >= 4 is 34.3 Å². The van der Waals surface area contributed by atoms with Crippen molar-refractivity contribution in [3.05, 3.63) is 346 Å². The van der Waals surface area contributed by atoms with E-state index in [0.717, 1.165) is 220 Å². The smallest absolute Gasteiger partial charge is 0.205 e. The highest BCUT2D eigenvalue weighted by Crippen LogP contribution is 2.41. The van der Waals surface area contributed by atoms with E-state index in [-0.39, 0.29) is 0 Å². The summed E-state index contributed by atoms with van der Waals surface area (Å²) in [7, 11) is 9.88. The Kier molecular flexibility index (Phi) is 28.2. The average molecular weight is 2050 g/mol. The zero-order chi connectivity index (χ0) is 103. The molecular weight excluding hydrogens is 1950 g/mol. The SMILES string of the molecule is CCc1cncc(C#Cc2ncn3c2Cn2c(COC)nnc2-c2cc(C)ccc2-3)c1.COCc1nnc2n1Cc1c(C#Cc3ccc(OC)cn3)ncn1-c1ccc(C)cc1-2.COCc1nnc2n1Cc1c(C#Cc3nc(C)cs3)ncn1-c1ccc(C)cc1-2.COCc1nnc2n1Cc1c(C#Cc3ncc(C)cn3)ncn1-c1ccc(Cl)cc1-2.COCc1nnc2n1Cc1c(C#Cc3ncc(C)s3)ncn1-c1ccc(C)cc1-2. The van der Waals surface area contributed by atoms with Gasteiger partial charge in [0.05, 0.1) is 103 Å². The van der Waals surface area contributed by atoms with Gasteiger partial charge in [-0.2, -0.15) is 0 Å². The quantitative estimate of drug-likeness (QED) is 0.103. The van der Waals surface area contributed by atoms with Crippen LogP contribution in [-0.4, -0.2) is 194 Å². The third kappa shape index (κ3) is 20.0. The predicted octanol–water partition coefficient (Wildman–Crippen LogP) is 15.1. The molecule has 744 valence electrons. The molecule has 0 saturated carbocycles. The van der Waals surface area contributed by atoms with Gasteiger partial charge < -0.3 is 51.3 Å². The Balaban J connectivity index is 0.000000109. The molecule has 0 atom stereocenters. The van der Waals surface area contributed by atoms with Crippen LogP contribution < -0.4 is 4.74 Å². The van der Waals surface area contributed by atoms with Gasteiger partial charge in [0.15, 0.2) is 68.3 Å². The molecule has 0 fully saturated rings. The second-order valence-corrected chi connectivity index (χ2v) is 38.0. The summed E-state index contributed by atoms with van der Waals surface area (Å²) in [6.45, 7) is 20.9. The standard InChI is InChI=1S/C24H22N6O.C23H20N6O2.C21H16ClN7O.2C21H18N6OS/c1-4-17-10-18(12-25-11-17)6-7-20-22-13-29-23(14-31-3)27-28-24(29)19-9-16(2)5-8-21(19)30(22)15-26-20;1-15-4-9-20-18(10-15)23-27-26-22(13-30-2)28(23)12-21-19(25-14-29(20)21)8-6-16-5-7-17(31-3)11-24-16;1-13-8-23-19(24-9-13)6-4-16-18-10-28-20(11-30-2)26-27-21(28)15-7-14(22)3-5-17(15)29(18)12-25-16;1-13-4-6-17-15(8-13)21-25-24-19(10-28-3)26(21)9-18-16(22-12-27(17)18)5-7-20-23-14(2)11-29-20;1-13-4-6-17-15(8-13)21-25-24-19(11-28-3)26(21)10-18-16(23-12-27(17)18)5-7-20-22-9-14(2)29-20/h5,8-12,15H,4,13-14H2,1-3H3;4-5,7,9-11,14H,12-13H2,1-3H3;3,5,7-9,12H,10-11H2,1-2H3;4,6,8,11-12H,9-10H2,1-3H3;4,6,8-9,12H,10-11H2,1-3H3. The van der Waals surface area contributed by atoms with Crippen molar-refractivity contribution in [3.63, 3.8) is 0 Å². The Morgan fingerprint density at radius 2 is 0.700 bits per heavy atom. The normalized spacial score (nSPS) is 11.7. The number of aryl methyl sites for hydroxylation is 8. The van der Waals surface area contributed by atoms with Gasteiger partial charge in [0.1, 0.15) is 105 Å². The first-order valence-corrected chi connectivity index (χ1v) is 49.6. The molecule has 20 heterocycles. The van der Waals surface area contributed by atoms with Gasteiger partial charge in [-0.25, -0.2) is 49.8 Å². The lowest BCUT2D eigenvalue weighted by molar-refractivity contribution is 0.174. The molecule has 0 saturated heterocycles. The Morgan fingerprint density at radius 1 is 0.333 bits per heavy atom. The van der Waals surface area contributed by atoms with Crippen molar-refractivity contribution in [2.45, 2.75) is 128 Å². The summed E-state index contributed by atoms with van der Waals surface area (Å²) in [6.07, 6.45) is 20.6. The van der Waals surface area contributed by atoms with E-state index in [1.807, 2.05) is 103 Å². The van der Waals surface area contributed by atoms with E-state index in [0.29, 0.717) is 105 Å². The van der Waals surface area contributed by atoms with E-state index < -0.39 is 0 Å². The average Bonchev–Trinajstić information content (AvgIpc) is 1.62. The minimum Gasteiger partial charge on any atom is -0.495 e. The van der Waals surface area contributed by atoms with Crippen LogP contribution >= 0.6 is 34.3 Å². The summed E-state index contributed by atoms with van der Waals surface area (Å²) in [6, 6.07) is 36.7. The van der Waals surface area contributed by atoms with Crippen molar-refractivity contribution in [3.8, 4) is 150 Å². The zero-order valence-corrected chi connectivity index (χ0v) is 86.5. The van der Waals surface area contributed by atoms with E-state index in [1.165, 1.54) is 0 Å². The van der Waals surface area contributed by atoms with Gasteiger partial charge in [0.25, 0.3) is 0 Å². The van der Waals surface area contributed by atoms with Crippen LogP contribution in [-0.2, 0) is 95.9 Å². The Hall–Kier alpha value is -17.8. The largest absolute Gasteiger partial charge is 0.495 e. The summed E-state index contributed by atoms with van der Waals surface area (Å²) in [4.78, 5) is 49.9. The van der Waals surface area contributed by atoms with E-state index in [2.05, 4.69) is 315 Å². The zero-order valence-electron chi connectivity index (χ0n) is 84.1. The fourth-order valence-electron chi connectivity index (χ4n) is 17.9. The number of pyridine rings is 2. The number of aromatic nitrogens is 31. The van der Waals surface area contributed by atoms with Crippen molar-refractivity contribution in [1.29, 1.82) is 0 Å². The second-order valence-electron chi connectivity index (χ2n) is 35.5. The van der Waals surface area contributed by atoms with Crippen molar-refractivity contribution in [1.82, 2.24) is 151 Å². The van der Waals surface area contributed by atoms with Gasteiger partial charge >= 0.3 is 0 Å². The van der Waals surface area contributed by atoms with Crippen molar-refractivity contribution in [2.24, 2.45) is 0 Å². The third-order valence-electron chi connectivity index (χ3n) is 25.1. The number of thiazole rings is 2. The van der Waals surface area contributed by atoms with E-state index in [4.69, 9.17) is 40.0 Å². The van der Waals surface area contributed by atoms with Gasteiger partial charge in [-0.3, -0.25) is 27.8 Å². The number of imidazole rings is 5.